The number of hydrogen-bond donors (Lipinski definition) is 1. The molecule has 30 heavy (non-hydrogen) atoms. The molecule has 0 aliphatic heterocycles. The number of hydrogen-bond acceptors (Lipinski definition) is 3. The molecule has 3 atom stereocenters. The van der Waals surface area contributed by atoms with Crippen molar-refractivity contribution in [2.75, 3.05) is 0 Å². The number of carbonyl (C=O) groups is 1. The zero-order valence-corrected chi connectivity index (χ0v) is 17.5. The van der Waals surface area contributed by atoms with Crippen LogP contribution in [-0.2, 0) is 17.8 Å². The lowest BCUT2D eigenvalue weighted by atomic mass is 9.91. The van der Waals surface area contributed by atoms with Gasteiger partial charge in [0.05, 0.1) is 5.92 Å². The minimum Gasteiger partial charge on any atom is -0.481 e. The van der Waals surface area contributed by atoms with Gasteiger partial charge < -0.3 is 9.84 Å². The lowest BCUT2D eigenvalue weighted by Gasteiger charge is -2.16. The number of nitrogens with zero attached hydrogens (tertiary/aromatic N) is 1. The minimum absolute atomic E-state index is 0.148. The van der Waals surface area contributed by atoms with Crippen LogP contribution in [0.2, 0.25) is 0 Å². The molecule has 0 amide bonds. The molecule has 4 nitrogen and oxygen atoms in total. The van der Waals surface area contributed by atoms with E-state index >= 15 is 0 Å². The summed E-state index contributed by atoms with van der Waals surface area (Å²) in [5.41, 5.74) is 9.73. The third-order valence-corrected chi connectivity index (χ3v) is 6.84. The van der Waals surface area contributed by atoms with Gasteiger partial charge in [-0.15, -0.1) is 0 Å². The number of carboxylic acids is 1. The topological polar surface area (TPSA) is 59.4 Å². The van der Waals surface area contributed by atoms with Crippen molar-refractivity contribution in [1.29, 1.82) is 0 Å². The van der Waals surface area contributed by atoms with Gasteiger partial charge in [-0.2, -0.15) is 0 Å². The Morgan fingerprint density at radius 3 is 2.60 bits per heavy atom. The first kappa shape index (κ1) is 18.9. The van der Waals surface area contributed by atoms with Gasteiger partial charge in [0.25, 0.3) is 0 Å². The van der Waals surface area contributed by atoms with Crippen LogP contribution >= 0.6 is 0 Å². The van der Waals surface area contributed by atoms with E-state index in [9.17, 15) is 9.90 Å². The number of pyridine rings is 1. The summed E-state index contributed by atoms with van der Waals surface area (Å²) < 4.78 is 6.05. The molecule has 0 spiro atoms. The summed E-state index contributed by atoms with van der Waals surface area (Å²) in [5.74, 6) is 0.0940. The van der Waals surface area contributed by atoms with Gasteiger partial charge in [0.1, 0.15) is 6.61 Å². The third-order valence-electron chi connectivity index (χ3n) is 6.84. The van der Waals surface area contributed by atoms with Crippen molar-refractivity contribution in [3.05, 3.63) is 82.0 Å². The van der Waals surface area contributed by atoms with Gasteiger partial charge in [0.2, 0.25) is 5.88 Å². The second-order valence-corrected chi connectivity index (χ2v) is 8.62. The third kappa shape index (κ3) is 2.98. The Labute approximate surface area is 176 Å². The summed E-state index contributed by atoms with van der Waals surface area (Å²) >= 11 is 0. The van der Waals surface area contributed by atoms with Gasteiger partial charge >= 0.3 is 5.97 Å². The van der Waals surface area contributed by atoms with Crippen LogP contribution in [0.1, 0.15) is 39.3 Å². The van der Waals surface area contributed by atoms with Crippen LogP contribution in [0.5, 0.6) is 5.88 Å². The highest BCUT2D eigenvalue weighted by molar-refractivity contribution is 5.78. The van der Waals surface area contributed by atoms with E-state index in [1.54, 1.807) is 0 Å². The second-order valence-electron chi connectivity index (χ2n) is 8.62. The number of carboxylic acid groups (broad SMARTS) is 1. The van der Waals surface area contributed by atoms with E-state index in [0.29, 0.717) is 12.5 Å². The van der Waals surface area contributed by atoms with Gasteiger partial charge in [0, 0.05) is 18.2 Å². The highest BCUT2D eigenvalue weighted by atomic mass is 16.5. The molecule has 2 aromatic carbocycles. The lowest BCUT2D eigenvalue weighted by molar-refractivity contribution is -0.139. The quantitative estimate of drug-likeness (QED) is 0.639. The molecule has 3 aromatic rings. The average molecular weight is 399 g/mol. The van der Waals surface area contributed by atoms with E-state index in [0.717, 1.165) is 17.5 Å². The Bertz CT molecular complexity index is 1150. The van der Waals surface area contributed by atoms with Gasteiger partial charge in [-0.3, -0.25) is 4.79 Å². The molecule has 1 fully saturated rings. The molecule has 2 unspecified atom stereocenters. The number of rotatable bonds is 5. The number of aliphatic carboxylic acids is 1. The van der Waals surface area contributed by atoms with E-state index in [1.165, 1.54) is 33.4 Å². The number of aryl methyl sites for hydroxylation is 2. The highest BCUT2D eigenvalue weighted by Crippen LogP contribution is 2.61. The van der Waals surface area contributed by atoms with E-state index in [4.69, 9.17) is 4.74 Å². The van der Waals surface area contributed by atoms with E-state index in [-0.39, 0.29) is 17.8 Å². The van der Waals surface area contributed by atoms with Crippen LogP contribution in [-0.4, -0.2) is 16.1 Å². The molecule has 2 aliphatic carbocycles. The van der Waals surface area contributed by atoms with Gasteiger partial charge in [-0.25, -0.2) is 4.98 Å². The molecular formula is C26H25NO3. The Balaban J connectivity index is 1.35. The van der Waals surface area contributed by atoms with Crippen molar-refractivity contribution >= 4 is 5.97 Å². The molecule has 1 saturated carbocycles. The number of benzene rings is 2. The van der Waals surface area contributed by atoms with E-state index in [2.05, 4.69) is 62.2 Å². The van der Waals surface area contributed by atoms with Crippen molar-refractivity contribution in [3.8, 4) is 17.0 Å². The predicted octanol–water partition coefficient (Wildman–Crippen LogP) is 5.22. The Morgan fingerprint density at radius 1 is 1.13 bits per heavy atom. The summed E-state index contributed by atoms with van der Waals surface area (Å²) in [6, 6.07) is 14.8. The standard InChI is InChI=1S/C26H25NO3/c1-14-6-4-7-15(2)23(14)19-9-5-8-17(16(19)3)13-30-22-11-18-10-20-24(21(18)12-27-22)25(20)26(28)29/h4-9,11-12,20,24-25H,10,13H2,1-3H3,(H,28,29)/t20?,24?,25-/m0/s1. The molecule has 1 heterocycles. The molecule has 0 saturated heterocycles. The summed E-state index contributed by atoms with van der Waals surface area (Å²) in [4.78, 5) is 15.7. The molecule has 0 bridgehead atoms. The molecule has 5 rings (SSSR count). The summed E-state index contributed by atoms with van der Waals surface area (Å²) in [5, 5.41) is 9.27. The fourth-order valence-electron chi connectivity index (χ4n) is 5.19. The largest absolute Gasteiger partial charge is 0.481 e. The van der Waals surface area contributed by atoms with Crippen molar-refractivity contribution in [3.63, 3.8) is 0 Å². The molecule has 4 heteroatoms. The molecular weight excluding hydrogens is 374 g/mol. The maximum atomic E-state index is 11.3. The molecule has 152 valence electrons. The fourth-order valence-corrected chi connectivity index (χ4v) is 5.19. The summed E-state index contributed by atoms with van der Waals surface area (Å²) in [6.07, 6.45) is 2.63. The highest BCUT2D eigenvalue weighted by Gasteiger charge is 2.59. The first-order valence-corrected chi connectivity index (χ1v) is 10.4. The van der Waals surface area contributed by atoms with Crippen molar-refractivity contribution in [2.45, 2.75) is 39.7 Å². The average Bonchev–Trinajstić information content (AvgIpc) is 3.31. The number of ether oxygens (including phenoxy) is 1. The molecule has 2 aliphatic rings. The van der Waals surface area contributed by atoms with E-state index in [1.807, 2.05) is 12.3 Å². The smallest absolute Gasteiger partial charge is 0.307 e. The Morgan fingerprint density at radius 2 is 1.87 bits per heavy atom. The first-order chi connectivity index (χ1) is 14.5. The van der Waals surface area contributed by atoms with Gasteiger partial charge in [-0.1, -0.05) is 36.4 Å². The van der Waals surface area contributed by atoms with Gasteiger partial charge in [-0.05, 0) is 77.6 Å². The first-order valence-electron chi connectivity index (χ1n) is 10.4. The monoisotopic (exact) mass is 399 g/mol. The van der Waals surface area contributed by atoms with Gasteiger partial charge in [0.15, 0.2) is 0 Å². The van der Waals surface area contributed by atoms with E-state index < -0.39 is 5.97 Å². The molecule has 0 radical (unpaired) electrons. The number of aromatic nitrogens is 1. The zero-order valence-electron chi connectivity index (χ0n) is 17.5. The Kier molecular flexibility index (Phi) is 4.39. The molecule has 1 aromatic heterocycles. The minimum atomic E-state index is -0.685. The molecule has 1 N–H and O–H groups in total. The van der Waals surface area contributed by atoms with Crippen molar-refractivity contribution in [1.82, 2.24) is 4.98 Å². The van der Waals surface area contributed by atoms with Crippen LogP contribution in [0.3, 0.4) is 0 Å². The SMILES string of the molecule is Cc1cccc(C)c1-c1cccc(COc2cc3c(cn2)C2C(C3)[C@@H]2C(=O)O)c1C. The summed E-state index contributed by atoms with van der Waals surface area (Å²) in [6.45, 7) is 6.91. The maximum Gasteiger partial charge on any atom is 0.307 e. The lowest BCUT2D eigenvalue weighted by Crippen LogP contribution is -2.06. The zero-order chi connectivity index (χ0) is 21.0. The number of fused-ring (bicyclic) bond motifs is 3. The Hall–Kier alpha value is -3.14. The normalized spacial score (nSPS) is 21.1. The van der Waals surface area contributed by atoms with Crippen LogP contribution in [0.4, 0.5) is 0 Å². The predicted molar refractivity (Wildman–Crippen MR) is 116 cm³/mol. The second kappa shape index (κ2) is 6.98. The van der Waals surface area contributed by atoms with Crippen LogP contribution in [0.25, 0.3) is 11.1 Å². The van der Waals surface area contributed by atoms with Crippen LogP contribution in [0, 0.1) is 32.6 Å². The van der Waals surface area contributed by atoms with Crippen LogP contribution in [0.15, 0.2) is 48.7 Å². The van der Waals surface area contributed by atoms with Crippen molar-refractivity contribution < 1.29 is 14.6 Å². The van der Waals surface area contributed by atoms with Crippen molar-refractivity contribution in [2.24, 2.45) is 11.8 Å². The summed E-state index contributed by atoms with van der Waals surface area (Å²) in [7, 11) is 0. The van der Waals surface area contributed by atoms with Crippen LogP contribution < -0.4 is 4.74 Å². The fraction of sp³-hybridized carbons (Fsp3) is 0.308. The maximum absolute atomic E-state index is 11.3.